The number of hydrogen-bond acceptors (Lipinski definition) is 2. The van der Waals surface area contributed by atoms with Gasteiger partial charge in [-0.05, 0) is 30.5 Å². The maximum Gasteiger partial charge on any atom is 0.268 e. The molecule has 0 saturated heterocycles. The number of amides is 1. The van der Waals surface area contributed by atoms with Gasteiger partial charge in [-0.1, -0.05) is 41.9 Å². The van der Waals surface area contributed by atoms with E-state index in [1.165, 1.54) is 0 Å². The third-order valence-electron chi connectivity index (χ3n) is 3.87. The highest BCUT2D eigenvalue weighted by molar-refractivity contribution is 9.10. The van der Waals surface area contributed by atoms with Crippen molar-refractivity contribution in [1.29, 1.82) is 0 Å². The predicted molar refractivity (Wildman–Crippen MR) is 99.4 cm³/mol. The van der Waals surface area contributed by atoms with Crippen LogP contribution in [0.2, 0.25) is 0 Å². The van der Waals surface area contributed by atoms with Crippen LogP contribution < -0.4 is 5.32 Å². The highest BCUT2D eigenvalue weighted by Gasteiger charge is 2.18. The molecule has 1 aromatic carbocycles. The molecule has 5 heteroatoms. The van der Waals surface area contributed by atoms with Gasteiger partial charge in [0.2, 0.25) is 0 Å². The molecular formula is C19H21BrN2O2. The lowest BCUT2D eigenvalue weighted by Crippen LogP contribution is -2.29. The van der Waals surface area contributed by atoms with Crippen molar-refractivity contribution in [3.8, 4) is 0 Å². The number of furan rings is 1. The summed E-state index contributed by atoms with van der Waals surface area (Å²) in [7, 11) is 0. The molecule has 0 atom stereocenters. The second-order valence-corrected chi connectivity index (χ2v) is 7.37. The van der Waals surface area contributed by atoms with Gasteiger partial charge in [-0.15, -0.1) is 0 Å². The van der Waals surface area contributed by atoms with Gasteiger partial charge in [-0.2, -0.15) is 0 Å². The zero-order valence-electron chi connectivity index (χ0n) is 14.1. The predicted octanol–water partition coefficient (Wildman–Crippen LogP) is 4.74. The van der Waals surface area contributed by atoms with E-state index in [1.54, 1.807) is 0 Å². The van der Waals surface area contributed by atoms with Crippen molar-refractivity contribution in [2.24, 2.45) is 5.92 Å². The van der Waals surface area contributed by atoms with Gasteiger partial charge in [0.25, 0.3) is 5.91 Å². The Balaban J connectivity index is 1.97. The molecule has 1 N–H and O–H groups in total. The molecule has 0 fully saturated rings. The maximum atomic E-state index is 12.6. The normalized spacial score (nSPS) is 11.4. The molecule has 4 nitrogen and oxygen atoms in total. The first-order valence-corrected chi connectivity index (χ1v) is 8.85. The standard InChI is InChI=1S/C19H21BrN2O2/c1-12(2)10-21-19(23)17-9-18-16(8-13(3)24-18)22(17)11-14-4-6-15(20)7-5-14/h4-9,12H,10-11H2,1-3H3,(H,21,23). The maximum absolute atomic E-state index is 12.6. The molecule has 0 spiro atoms. The summed E-state index contributed by atoms with van der Waals surface area (Å²) >= 11 is 3.45. The quantitative estimate of drug-likeness (QED) is 0.685. The molecule has 126 valence electrons. The number of nitrogens with one attached hydrogen (secondary N) is 1. The van der Waals surface area contributed by atoms with Crippen molar-refractivity contribution in [3.63, 3.8) is 0 Å². The monoisotopic (exact) mass is 388 g/mol. The van der Waals surface area contributed by atoms with Crippen molar-refractivity contribution in [2.45, 2.75) is 27.3 Å². The molecule has 2 aromatic heterocycles. The fourth-order valence-electron chi connectivity index (χ4n) is 2.68. The molecule has 24 heavy (non-hydrogen) atoms. The van der Waals surface area contributed by atoms with Gasteiger partial charge in [-0.3, -0.25) is 4.79 Å². The highest BCUT2D eigenvalue weighted by atomic mass is 79.9. The average molecular weight is 389 g/mol. The number of hydrogen-bond donors (Lipinski definition) is 1. The van der Waals surface area contributed by atoms with Crippen molar-refractivity contribution in [3.05, 3.63) is 57.9 Å². The van der Waals surface area contributed by atoms with Crippen LogP contribution in [0.3, 0.4) is 0 Å². The minimum absolute atomic E-state index is 0.0649. The van der Waals surface area contributed by atoms with Crippen molar-refractivity contribution >= 4 is 32.9 Å². The molecule has 2 heterocycles. The van der Waals surface area contributed by atoms with Crippen LogP contribution in [-0.4, -0.2) is 17.0 Å². The van der Waals surface area contributed by atoms with Crippen molar-refractivity contribution < 1.29 is 9.21 Å². The van der Waals surface area contributed by atoms with E-state index in [4.69, 9.17) is 4.42 Å². The number of benzene rings is 1. The van der Waals surface area contributed by atoms with E-state index in [1.807, 2.05) is 35.8 Å². The van der Waals surface area contributed by atoms with Gasteiger partial charge in [0.05, 0.1) is 5.52 Å². The number of carbonyl (C=O) groups is 1. The number of carbonyl (C=O) groups excluding carboxylic acids is 1. The minimum Gasteiger partial charge on any atom is -0.460 e. The third-order valence-corrected chi connectivity index (χ3v) is 4.40. The molecule has 3 aromatic rings. The number of aryl methyl sites for hydroxylation is 1. The molecule has 0 aliphatic rings. The summed E-state index contributed by atoms with van der Waals surface area (Å²) in [6, 6.07) is 11.9. The smallest absolute Gasteiger partial charge is 0.268 e. The summed E-state index contributed by atoms with van der Waals surface area (Å²) in [5.41, 5.74) is 3.46. The van der Waals surface area contributed by atoms with E-state index in [0.29, 0.717) is 24.7 Å². The Morgan fingerprint density at radius 3 is 2.62 bits per heavy atom. The SMILES string of the molecule is Cc1cc2c(cc(C(=O)NCC(C)C)n2Cc2ccc(Br)cc2)o1. The summed E-state index contributed by atoms with van der Waals surface area (Å²) in [5.74, 6) is 1.19. The van der Waals surface area contributed by atoms with Gasteiger partial charge in [0.15, 0.2) is 5.58 Å². The molecule has 3 rings (SSSR count). The number of nitrogens with zero attached hydrogens (tertiary/aromatic N) is 1. The molecule has 0 unspecified atom stereocenters. The Bertz CT molecular complexity index is 860. The van der Waals surface area contributed by atoms with Gasteiger partial charge >= 0.3 is 0 Å². The van der Waals surface area contributed by atoms with Crippen LogP contribution in [0.15, 0.2) is 45.3 Å². The van der Waals surface area contributed by atoms with Crippen LogP contribution in [0.4, 0.5) is 0 Å². The molecule has 0 aliphatic heterocycles. The van der Waals surface area contributed by atoms with Crippen LogP contribution in [-0.2, 0) is 6.54 Å². The molecule has 0 bridgehead atoms. The highest BCUT2D eigenvalue weighted by Crippen LogP contribution is 2.25. The second-order valence-electron chi connectivity index (χ2n) is 6.45. The first kappa shape index (κ1) is 16.8. The summed E-state index contributed by atoms with van der Waals surface area (Å²) in [6.45, 7) is 7.36. The van der Waals surface area contributed by atoms with Crippen LogP contribution >= 0.6 is 15.9 Å². The minimum atomic E-state index is -0.0649. The zero-order chi connectivity index (χ0) is 17.3. The van der Waals surface area contributed by atoms with Crippen LogP contribution in [0, 0.1) is 12.8 Å². The molecule has 0 aliphatic carbocycles. The fraction of sp³-hybridized carbons (Fsp3) is 0.316. The van der Waals surface area contributed by atoms with Gasteiger partial charge in [-0.25, -0.2) is 0 Å². The largest absolute Gasteiger partial charge is 0.460 e. The fourth-order valence-corrected chi connectivity index (χ4v) is 2.95. The number of fused-ring (bicyclic) bond motifs is 1. The molecule has 0 radical (unpaired) electrons. The van der Waals surface area contributed by atoms with Gasteiger partial charge in [0, 0.05) is 29.7 Å². The molecule has 1 amide bonds. The van der Waals surface area contributed by atoms with Gasteiger partial charge < -0.3 is 14.3 Å². The first-order chi connectivity index (χ1) is 11.4. The number of aromatic nitrogens is 1. The Morgan fingerprint density at radius 1 is 1.25 bits per heavy atom. The molecule has 0 saturated carbocycles. The Hall–Kier alpha value is -2.01. The van der Waals surface area contributed by atoms with E-state index in [9.17, 15) is 4.79 Å². The summed E-state index contributed by atoms with van der Waals surface area (Å²) < 4.78 is 8.77. The average Bonchev–Trinajstić information content (AvgIpc) is 3.04. The van der Waals surface area contributed by atoms with E-state index in [0.717, 1.165) is 26.9 Å². The lowest BCUT2D eigenvalue weighted by molar-refractivity contribution is 0.0940. The Labute approximate surface area is 150 Å². The zero-order valence-corrected chi connectivity index (χ0v) is 15.7. The van der Waals surface area contributed by atoms with E-state index >= 15 is 0 Å². The summed E-state index contributed by atoms with van der Waals surface area (Å²) in [5, 5.41) is 2.99. The van der Waals surface area contributed by atoms with Crippen LogP contribution in [0.5, 0.6) is 0 Å². The molecular weight excluding hydrogens is 368 g/mol. The Morgan fingerprint density at radius 2 is 1.96 bits per heavy atom. The second kappa shape index (κ2) is 6.85. The lowest BCUT2D eigenvalue weighted by Gasteiger charge is -2.12. The van der Waals surface area contributed by atoms with Gasteiger partial charge in [0.1, 0.15) is 11.5 Å². The van der Waals surface area contributed by atoms with Crippen molar-refractivity contribution in [2.75, 3.05) is 6.54 Å². The van der Waals surface area contributed by atoms with Crippen LogP contribution in [0.1, 0.15) is 35.7 Å². The van der Waals surface area contributed by atoms with Crippen molar-refractivity contribution in [1.82, 2.24) is 9.88 Å². The number of rotatable bonds is 5. The van der Waals surface area contributed by atoms with E-state index in [2.05, 4.69) is 47.2 Å². The lowest BCUT2D eigenvalue weighted by atomic mass is 10.2. The number of halogens is 1. The Kier molecular flexibility index (Phi) is 4.81. The van der Waals surface area contributed by atoms with Crippen LogP contribution in [0.25, 0.3) is 11.1 Å². The van der Waals surface area contributed by atoms with E-state index < -0.39 is 0 Å². The van der Waals surface area contributed by atoms with E-state index in [-0.39, 0.29) is 5.91 Å². The summed E-state index contributed by atoms with van der Waals surface area (Å²) in [6.07, 6.45) is 0. The topological polar surface area (TPSA) is 47.2 Å². The third kappa shape index (κ3) is 3.56. The summed E-state index contributed by atoms with van der Waals surface area (Å²) in [4.78, 5) is 12.6. The first-order valence-electron chi connectivity index (χ1n) is 8.06.